The fraction of sp³-hybridized carbons (Fsp3) is 0.375. The summed E-state index contributed by atoms with van der Waals surface area (Å²) in [5.74, 6) is 1.12. The predicted octanol–water partition coefficient (Wildman–Crippen LogP) is 3.58. The molecule has 1 aromatic heterocycles. The minimum absolute atomic E-state index is 0.174. The Kier molecular flexibility index (Phi) is 7.65. The maximum atomic E-state index is 12.9. The first-order valence-corrected chi connectivity index (χ1v) is 10.8. The highest BCUT2D eigenvalue weighted by atomic mass is 16.5. The lowest BCUT2D eigenvalue weighted by Gasteiger charge is -2.13. The Morgan fingerprint density at radius 2 is 1.71 bits per heavy atom. The summed E-state index contributed by atoms with van der Waals surface area (Å²) in [6.45, 7) is 7.84. The molecule has 31 heavy (non-hydrogen) atoms. The Hall–Kier alpha value is -3.35. The van der Waals surface area contributed by atoms with E-state index in [0.29, 0.717) is 55.0 Å². The van der Waals surface area contributed by atoms with Crippen molar-refractivity contribution in [2.75, 3.05) is 19.8 Å². The van der Waals surface area contributed by atoms with E-state index < -0.39 is 0 Å². The fourth-order valence-electron chi connectivity index (χ4n) is 3.42. The topological polar surface area (TPSA) is 82.5 Å². The van der Waals surface area contributed by atoms with E-state index in [1.807, 2.05) is 39.0 Å². The number of hydrogen-bond acceptors (Lipinski definition) is 5. The van der Waals surface area contributed by atoms with E-state index >= 15 is 0 Å². The minimum atomic E-state index is -0.294. The van der Waals surface area contributed by atoms with E-state index in [4.69, 9.17) is 9.47 Å². The normalized spacial score (nSPS) is 10.8. The molecule has 0 spiro atoms. The molecule has 0 saturated heterocycles. The standard InChI is InChI=1S/C24H29N3O4/c1-4-15-27-24(29)19-10-8-7-9-18(19)22(26-27)23(28)25-14-13-17-11-12-20(30-5-2)21(16-17)31-6-3/h7-12,16H,4-6,13-15H2,1-3H3,(H,25,28). The molecule has 0 fully saturated rings. The molecule has 0 saturated carbocycles. The SMILES string of the molecule is CCCn1nc(C(=O)NCCc2ccc(OCC)c(OCC)c2)c2ccccc2c1=O. The lowest BCUT2D eigenvalue weighted by atomic mass is 10.1. The summed E-state index contributed by atoms with van der Waals surface area (Å²) in [5, 5.41) is 8.34. The van der Waals surface area contributed by atoms with Crippen molar-refractivity contribution in [1.82, 2.24) is 15.1 Å². The second-order valence-electron chi connectivity index (χ2n) is 7.08. The molecule has 0 aliphatic heterocycles. The molecule has 2 aromatic carbocycles. The van der Waals surface area contributed by atoms with Crippen LogP contribution in [0.25, 0.3) is 10.8 Å². The maximum absolute atomic E-state index is 12.9. The summed E-state index contributed by atoms with van der Waals surface area (Å²) in [4.78, 5) is 25.5. The Balaban J connectivity index is 1.76. The van der Waals surface area contributed by atoms with Crippen LogP contribution in [0.2, 0.25) is 0 Å². The van der Waals surface area contributed by atoms with Gasteiger partial charge in [0.15, 0.2) is 17.2 Å². The van der Waals surface area contributed by atoms with Crippen molar-refractivity contribution in [3.05, 3.63) is 64.1 Å². The van der Waals surface area contributed by atoms with Gasteiger partial charge in [0.1, 0.15) is 0 Å². The molecule has 164 valence electrons. The fourth-order valence-corrected chi connectivity index (χ4v) is 3.42. The van der Waals surface area contributed by atoms with Crippen LogP contribution >= 0.6 is 0 Å². The lowest BCUT2D eigenvalue weighted by Crippen LogP contribution is -2.31. The molecule has 7 heteroatoms. The Morgan fingerprint density at radius 1 is 1.00 bits per heavy atom. The van der Waals surface area contributed by atoms with Crippen LogP contribution in [0.1, 0.15) is 43.2 Å². The van der Waals surface area contributed by atoms with E-state index in [-0.39, 0.29) is 17.2 Å². The molecule has 0 aliphatic rings. The first-order valence-electron chi connectivity index (χ1n) is 10.8. The molecule has 7 nitrogen and oxygen atoms in total. The summed E-state index contributed by atoms with van der Waals surface area (Å²) < 4.78 is 12.6. The quantitative estimate of drug-likeness (QED) is 0.539. The summed E-state index contributed by atoms with van der Waals surface area (Å²) in [5.41, 5.74) is 1.12. The third-order valence-electron chi connectivity index (χ3n) is 4.83. The number of hydrogen-bond donors (Lipinski definition) is 1. The van der Waals surface area contributed by atoms with Gasteiger partial charge in [0.2, 0.25) is 0 Å². The number of amides is 1. The highest BCUT2D eigenvalue weighted by Gasteiger charge is 2.16. The maximum Gasteiger partial charge on any atom is 0.274 e. The van der Waals surface area contributed by atoms with Crippen LogP contribution < -0.4 is 20.3 Å². The number of aryl methyl sites for hydroxylation is 1. The smallest absolute Gasteiger partial charge is 0.274 e. The minimum Gasteiger partial charge on any atom is -0.490 e. The average molecular weight is 424 g/mol. The zero-order valence-corrected chi connectivity index (χ0v) is 18.3. The zero-order valence-electron chi connectivity index (χ0n) is 18.3. The highest BCUT2D eigenvalue weighted by Crippen LogP contribution is 2.28. The number of rotatable bonds is 10. The molecule has 3 aromatic rings. The van der Waals surface area contributed by atoms with Crippen molar-refractivity contribution in [1.29, 1.82) is 0 Å². The van der Waals surface area contributed by atoms with E-state index in [0.717, 1.165) is 12.0 Å². The molecule has 1 heterocycles. The largest absolute Gasteiger partial charge is 0.490 e. The number of ether oxygens (including phenoxy) is 2. The molecule has 0 atom stereocenters. The van der Waals surface area contributed by atoms with Gasteiger partial charge >= 0.3 is 0 Å². The monoisotopic (exact) mass is 423 g/mol. The number of carbonyl (C=O) groups excluding carboxylic acids is 1. The van der Waals surface area contributed by atoms with E-state index in [1.165, 1.54) is 4.68 Å². The van der Waals surface area contributed by atoms with Crippen LogP contribution in [0.4, 0.5) is 0 Å². The molecule has 0 aliphatic carbocycles. The van der Waals surface area contributed by atoms with Crippen LogP contribution in [-0.2, 0) is 13.0 Å². The number of nitrogens with one attached hydrogen (secondary N) is 1. The zero-order chi connectivity index (χ0) is 22.2. The molecule has 0 unspecified atom stereocenters. The highest BCUT2D eigenvalue weighted by molar-refractivity contribution is 6.04. The van der Waals surface area contributed by atoms with Gasteiger partial charge in [0.05, 0.1) is 18.6 Å². The third kappa shape index (κ3) is 5.23. The van der Waals surface area contributed by atoms with Gasteiger partial charge in [-0.25, -0.2) is 4.68 Å². The summed E-state index contributed by atoms with van der Waals surface area (Å²) in [7, 11) is 0. The molecule has 1 N–H and O–H groups in total. The van der Waals surface area contributed by atoms with Gasteiger partial charge in [-0.1, -0.05) is 31.2 Å². The summed E-state index contributed by atoms with van der Waals surface area (Å²) in [6.07, 6.45) is 1.39. The predicted molar refractivity (Wildman–Crippen MR) is 121 cm³/mol. The van der Waals surface area contributed by atoms with Gasteiger partial charge in [-0.2, -0.15) is 5.10 Å². The van der Waals surface area contributed by atoms with Crippen molar-refractivity contribution in [3.8, 4) is 11.5 Å². The van der Waals surface area contributed by atoms with Crippen molar-refractivity contribution >= 4 is 16.7 Å². The number of fused-ring (bicyclic) bond motifs is 1. The Bertz CT molecular complexity index is 1110. The van der Waals surface area contributed by atoms with Gasteiger partial charge < -0.3 is 14.8 Å². The van der Waals surface area contributed by atoms with Gasteiger partial charge in [-0.05, 0) is 50.5 Å². The first-order chi connectivity index (χ1) is 15.1. The van der Waals surface area contributed by atoms with Crippen LogP contribution in [0.5, 0.6) is 11.5 Å². The second-order valence-corrected chi connectivity index (χ2v) is 7.08. The summed E-state index contributed by atoms with van der Waals surface area (Å²) in [6, 6.07) is 12.9. The molecule has 1 amide bonds. The molecular formula is C24H29N3O4. The van der Waals surface area contributed by atoms with Crippen LogP contribution in [0.15, 0.2) is 47.3 Å². The van der Waals surface area contributed by atoms with Crippen molar-refractivity contribution in [3.63, 3.8) is 0 Å². The average Bonchev–Trinajstić information content (AvgIpc) is 2.78. The second kappa shape index (κ2) is 10.6. The van der Waals surface area contributed by atoms with E-state index in [9.17, 15) is 9.59 Å². The van der Waals surface area contributed by atoms with Crippen LogP contribution in [0, 0.1) is 0 Å². The first kappa shape index (κ1) is 22.3. The van der Waals surface area contributed by atoms with E-state index in [2.05, 4.69) is 10.4 Å². The molecule has 0 radical (unpaired) electrons. The number of nitrogens with zero attached hydrogens (tertiary/aromatic N) is 2. The number of carbonyl (C=O) groups is 1. The molecular weight excluding hydrogens is 394 g/mol. The molecule has 3 rings (SSSR count). The van der Waals surface area contributed by atoms with E-state index in [1.54, 1.807) is 24.3 Å². The molecule has 0 bridgehead atoms. The van der Waals surface area contributed by atoms with Crippen molar-refractivity contribution in [2.45, 2.75) is 40.2 Å². The van der Waals surface area contributed by atoms with Gasteiger partial charge in [-0.15, -0.1) is 0 Å². The number of aromatic nitrogens is 2. The Morgan fingerprint density at radius 3 is 2.42 bits per heavy atom. The lowest BCUT2D eigenvalue weighted by molar-refractivity contribution is 0.0948. The van der Waals surface area contributed by atoms with Gasteiger partial charge in [-0.3, -0.25) is 9.59 Å². The summed E-state index contributed by atoms with van der Waals surface area (Å²) >= 11 is 0. The van der Waals surface area contributed by atoms with Crippen LogP contribution in [-0.4, -0.2) is 35.4 Å². The van der Waals surface area contributed by atoms with Crippen molar-refractivity contribution < 1.29 is 14.3 Å². The van der Waals surface area contributed by atoms with Gasteiger partial charge in [0, 0.05) is 18.5 Å². The number of benzene rings is 2. The third-order valence-corrected chi connectivity index (χ3v) is 4.83. The van der Waals surface area contributed by atoms with Crippen molar-refractivity contribution in [2.24, 2.45) is 0 Å². The van der Waals surface area contributed by atoms with Gasteiger partial charge in [0.25, 0.3) is 11.5 Å². The Labute approximate surface area is 182 Å². The van der Waals surface area contributed by atoms with Crippen LogP contribution in [0.3, 0.4) is 0 Å².